The number of fused-ring (bicyclic) bond motifs is 3. The topological polar surface area (TPSA) is 0 Å². The summed E-state index contributed by atoms with van der Waals surface area (Å²) in [6.45, 7) is 17.1. The number of benzene rings is 1. The molecule has 3 aliphatic carbocycles. The maximum Gasteiger partial charge on any atom is 0.192 e. The maximum absolute atomic E-state index is 2.54. The fourth-order valence-electron chi connectivity index (χ4n) is 6.41. The van der Waals surface area contributed by atoms with Crippen LogP contribution in [-0.4, -0.2) is 7.28 Å². The molecule has 3 aliphatic rings. The number of allylic oxidation sites excluding steroid dienone is 4. The van der Waals surface area contributed by atoms with E-state index in [4.69, 9.17) is 0 Å². The van der Waals surface area contributed by atoms with Gasteiger partial charge in [0.2, 0.25) is 0 Å². The summed E-state index contributed by atoms with van der Waals surface area (Å²) in [6.07, 6.45) is 11.5. The van der Waals surface area contributed by atoms with Gasteiger partial charge in [0.25, 0.3) is 0 Å². The second-order valence-corrected chi connectivity index (χ2v) is 13.5. The van der Waals surface area contributed by atoms with Crippen LogP contribution in [0.1, 0.15) is 91.7 Å². The van der Waals surface area contributed by atoms with Crippen molar-refractivity contribution in [1.29, 1.82) is 0 Å². The molecule has 1 fully saturated rings. The van der Waals surface area contributed by atoms with Gasteiger partial charge in [-0.15, -0.1) is 11.3 Å². The highest BCUT2D eigenvalue weighted by molar-refractivity contribution is 7.18. The van der Waals surface area contributed by atoms with Gasteiger partial charge in [0.15, 0.2) is 7.28 Å². The molecule has 2 heteroatoms. The molecule has 31 heavy (non-hydrogen) atoms. The fraction of sp³-hybridized carbons (Fsp3) is 0.586. The van der Waals surface area contributed by atoms with Crippen molar-refractivity contribution in [3.8, 4) is 0 Å². The Balaban J connectivity index is 1.52. The molecule has 5 rings (SSSR count). The monoisotopic (exact) mass is 429 g/mol. The number of rotatable bonds is 2. The van der Waals surface area contributed by atoms with E-state index < -0.39 is 0 Å². The molecule has 0 aliphatic heterocycles. The molecule has 1 aromatic carbocycles. The van der Waals surface area contributed by atoms with E-state index in [2.05, 4.69) is 85.4 Å². The lowest BCUT2D eigenvalue weighted by Crippen LogP contribution is -2.34. The third-order valence-electron chi connectivity index (χ3n) is 8.92. The number of hydrogen-bond donors (Lipinski definition) is 0. The van der Waals surface area contributed by atoms with Crippen LogP contribution in [0.15, 0.2) is 40.7 Å². The summed E-state index contributed by atoms with van der Waals surface area (Å²) in [6, 6.07) is 5.06. The molecule has 0 N–H and O–H groups in total. The van der Waals surface area contributed by atoms with Crippen LogP contribution >= 0.6 is 11.3 Å². The zero-order valence-corrected chi connectivity index (χ0v) is 21.4. The van der Waals surface area contributed by atoms with Gasteiger partial charge in [-0.2, -0.15) is 0 Å². The Morgan fingerprint density at radius 2 is 1.58 bits per heavy atom. The predicted octanol–water partition coefficient (Wildman–Crippen LogP) is 7.87. The van der Waals surface area contributed by atoms with Gasteiger partial charge in [-0.25, -0.2) is 0 Å². The van der Waals surface area contributed by atoms with Crippen LogP contribution in [0.2, 0.25) is 0 Å². The van der Waals surface area contributed by atoms with Gasteiger partial charge in [0.05, 0.1) is 0 Å². The van der Waals surface area contributed by atoms with E-state index in [-0.39, 0.29) is 10.8 Å². The van der Waals surface area contributed by atoms with E-state index in [1.165, 1.54) is 53.1 Å². The normalized spacial score (nSPS) is 28.4. The van der Waals surface area contributed by atoms with Gasteiger partial charge in [-0.3, -0.25) is 0 Å². The molecular weight excluding hydrogens is 391 g/mol. The lowest BCUT2D eigenvalue weighted by Gasteiger charge is -2.44. The lowest BCUT2D eigenvalue weighted by atomic mass is 9.55. The minimum absolute atomic E-state index is 0.264. The smallest absolute Gasteiger partial charge is 0.144 e. The second kappa shape index (κ2) is 7.11. The molecule has 0 bridgehead atoms. The van der Waals surface area contributed by atoms with E-state index in [1.54, 1.807) is 16.7 Å². The minimum atomic E-state index is 0.264. The van der Waals surface area contributed by atoms with Crippen molar-refractivity contribution < 1.29 is 0 Å². The zero-order chi connectivity index (χ0) is 22.2. The van der Waals surface area contributed by atoms with Gasteiger partial charge in [-0.1, -0.05) is 83.2 Å². The quantitative estimate of drug-likeness (QED) is 0.426. The van der Waals surface area contributed by atoms with E-state index in [0.717, 1.165) is 11.8 Å². The molecule has 1 radical (unpaired) electrons. The highest BCUT2D eigenvalue weighted by Crippen LogP contribution is 2.50. The maximum atomic E-state index is 2.54. The van der Waals surface area contributed by atoms with E-state index in [1.807, 2.05) is 11.3 Å². The molecule has 1 aromatic heterocycles. The van der Waals surface area contributed by atoms with Crippen LogP contribution in [0, 0.1) is 17.3 Å². The molecule has 1 heterocycles. The van der Waals surface area contributed by atoms with Crippen LogP contribution in [0.25, 0.3) is 10.1 Å². The van der Waals surface area contributed by atoms with Crippen molar-refractivity contribution in [2.45, 2.75) is 91.4 Å². The van der Waals surface area contributed by atoms with Gasteiger partial charge < -0.3 is 0 Å². The molecule has 0 spiro atoms. The van der Waals surface area contributed by atoms with E-state index in [9.17, 15) is 0 Å². The SMILES string of the molecule is CC1CCC(C)(C)C2=CC([B]c3csc4cc5c(cc34)C(C)(C)CCC5(C)C)=CCC21. The van der Waals surface area contributed by atoms with Gasteiger partial charge in [-0.05, 0) is 88.1 Å². The van der Waals surface area contributed by atoms with Crippen molar-refractivity contribution in [1.82, 2.24) is 0 Å². The second-order valence-electron chi connectivity index (χ2n) is 12.5. The van der Waals surface area contributed by atoms with Crippen molar-refractivity contribution in [2.24, 2.45) is 17.3 Å². The highest BCUT2D eigenvalue weighted by Gasteiger charge is 2.39. The molecule has 0 nitrogen and oxygen atoms in total. The predicted molar refractivity (Wildman–Crippen MR) is 139 cm³/mol. The third-order valence-corrected chi connectivity index (χ3v) is 9.88. The molecule has 0 saturated heterocycles. The van der Waals surface area contributed by atoms with Crippen molar-refractivity contribution in [2.75, 3.05) is 0 Å². The Labute approximate surface area is 194 Å². The Morgan fingerprint density at radius 3 is 2.29 bits per heavy atom. The van der Waals surface area contributed by atoms with Crippen LogP contribution in [0.5, 0.6) is 0 Å². The average Bonchev–Trinajstić information content (AvgIpc) is 3.10. The lowest BCUT2D eigenvalue weighted by molar-refractivity contribution is 0.213. The summed E-state index contributed by atoms with van der Waals surface area (Å²) in [7, 11) is 2.46. The Kier molecular flexibility index (Phi) is 4.95. The molecule has 2 unspecified atom stereocenters. The summed E-state index contributed by atoms with van der Waals surface area (Å²) in [5, 5.41) is 3.84. The summed E-state index contributed by atoms with van der Waals surface area (Å²) >= 11 is 1.92. The molecule has 0 amide bonds. The van der Waals surface area contributed by atoms with Crippen LogP contribution in [-0.2, 0) is 10.8 Å². The summed E-state index contributed by atoms with van der Waals surface area (Å²) < 4.78 is 1.45. The van der Waals surface area contributed by atoms with Crippen molar-refractivity contribution in [3.05, 3.63) is 51.8 Å². The average molecular weight is 430 g/mol. The molecule has 163 valence electrons. The first-order chi connectivity index (χ1) is 14.5. The van der Waals surface area contributed by atoms with Crippen LogP contribution in [0.4, 0.5) is 0 Å². The summed E-state index contributed by atoms with van der Waals surface area (Å²) in [4.78, 5) is 0. The molecule has 2 atom stereocenters. The largest absolute Gasteiger partial charge is 0.192 e. The first-order valence-corrected chi connectivity index (χ1v) is 13.2. The zero-order valence-electron chi connectivity index (χ0n) is 20.6. The Hall–Kier alpha value is -1.28. The van der Waals surface area contributed by atoms with E-state index in [0.29, 0.717) is 5.41 Å². The Bertz CT molecular complexity index is 1090. The number of thiophene rings is 1. The molecular formula is C29H38BS. The van der Waals surface area contributed by atoms with Crippen LogP contribution in [0.3, 0.4) is 0 Å². The first kappa shape index (κ1) is 21.6. The van der Waals surface area contributed by atoms with Gasteiger partial charge in [0, 0.05) is 4.70 Å². The third kappa shape index (κ3) is 3.58. The molecule has 2 aromatic rings. The standard InChI is InChI=1S/C29H38BS/c1-18-10-11-27(2,3)22-14-19(8-9-20(18)22)30-25-17-31-26-16-24-23(15-21(25)26)28(4,5)12-13-29(24,6)7/h8,14-18,20H,9-13H2,1-7H3. The highest BCUT2D eigenvalue weighted by atomic mass is 32.1. The Morgan fingerprint density at radius 1 is 0.903 bits per heavy atom. The van der Waals surface area contributed by atoms with Gasteiger partial charge >= 0.3 is 0 Å². The fourth-order valence-corrected chi connectivity index (χ4v) is 7.34. The number of hydrogen-bond acceptors (Lipinski definition) is 1. The van der Waals surface area contributed by atoms with Crippen LogP contribution < -0.4 is 5.46 Å². The van der Waals surface area contributed by atoms with Crippen molar-refractivity contribution in [3.63, 3.8) is 0 Å². The van der Waals surface area contributed by atoms with Crippen molar-refractivity contribution >= 4 is 34.2 Å². The summed E-state index contributed by atoms with van der Waals surface area (Å²) in [5.41, 5.74) is 8.56. The van der Waals surface area contributed by atoms with E-state index >= 15 is 0 Å². The molecule has 1 saturated carbocycles. The summed E-state index contributed by atoms with van der Waals surface area (Å²) in [5.74, 6) is 1.56. The first-order valence-electron chi connectivity index (χ1n) is 12.3. The minimum Gasteiger partial charge on any atom is -0.144 e. The van der Waals surface area contributed by atoms with Gasteiger partial charge in [0.1, 0.15) is 0 Å².